The summed E-state index contributed by atoms with van der Waals surface area (Å²) in [6.45, 7) is 7.38. The van der Waals surface area contributed by atoms with Gasteiger partial charge in [-0.25, -0.2) is 4.79 Å². The maximum Gasteiger partial charge on any atom is 0.323 e. The van der Waals surface area contributed by atoms with Gasteiger partial charge < -0.3 is 20.9 Å². The molecule has 32 heavy (non-hydrogen) atoms. The van der Waals surface area contributed by atoms with Crippen LogP contribution in [0.2, 0.25) is 0 Å². The van der Waals surface area contributed by atoms with Crippen molar-refractivity contribution < 1.29 is 9.59 Å². The Labute approximate surface area is 200 Å². The van der Waals surface area contributed by atoms with Crippen molar-refractivity contribution >= 4 is 57.9 Å². The molecule has 2 rings (SSSR count). The van der Waals surface area contributed by atoms with E-state index in [1.165, 1.54) is 0 Å². The second-order valence-corrected chi connectivity index (χ2v) is 7.84. The summed E-state index contributed by atoms with van der Waals surface area (Å²) in [5.74, 6) is 0.926. The Morgan fingerprint density at radius 2 is 1.38 bits per heavy atom. The van der Waals surface area contributed by atoms with E-state index in [9.17, 15) is 9.59 Å². The highest BCUT2D eigenvalue weighted by Crippen LogP contribution is 2.19. The lowest BCUT2D eigenvalue weighted by atomic mass is 10.2. The molecule has 9 heteroatoms. The Morgan fingerprint density at radius 3 is 1.94 bits per heavy atom. The van der Waals surface area contributed by atoms with Gasteiger partial charge in [0.2, 0.25) is 5.91 Å². The maximum absolute atomic E-state index is 12.4. The van der Waals surface area contributed by atoms with Crippen LogP contribution in [0.25, 0.3) is 0 Å². The van der Waals surface area contributed by atoms with Crippen LogP contribution < -0.4 is 20.9 Å². The molecular formula is C23H31Cl2N5O2. The lowest BCUT2D eigenvalue weighted by Crippen LogP contribution is -2.32. The maximum atomic E-state index is 12.4. The Balaban J connectivity index is 1.92. The number of alkyl halides is 2. The van der Waals surface area contributed by atoms with Crippen molar-refractivity contribution in [1.29, 1.82) is 0 Å². The topological polar surface area (TPSA) is 76.7 Å². The highest BCUT2D eigenvalue weighted by atomic mass is 35.5. The number of anilines is 4. The Morgan fingerprint density at radius 1 is 0.812 bits per heavy atom. The van der Waals surface area contributed by atoms with Crippen LogP contribution in [0.3, 0.4) is 0 Å². The number of benzene rings is 2. The van der Waals surface area contributed by atoms with E-state index in [-0.39, 0.29) is 11.9 Å². The Hall–Kier alpha value is -2.48. The molecule has 0 fully saturated rings. The minimum absolute atomic E-state index is 0.0900. The first-order chi connectivity index (χ1) is 15.5. The summed E-state index contributed by atoms with van der Waals surface area (Å²) in [5, 5.41) is 8.46. The van der Waals surface area contributed by atoms with Crippen LogP contribution in [0.15, 0.2) is 48.5 Å². The van der Waals surface area contributed by atoms with Gasteiger partial charge in [-0.15, -0.1) is 23.2 Å². The number of nitrogens with zero attached hydrogens (tertiary/aromatic N) is 2. The van der Waals surface area contributed by atoms with Crippen LogP contribution in [0.1, 0.15) is 13.8 Å². The van der Waals surface area contributed by atoms with E-state index in [2.05, 4.69) is 20.9 Å². The molecule has 0 unspecified atom stereocenters. The zero-order valence-corrected chi connectivity index (χ0v) is 20.0. The van der Waals surface area contributed by atoms with Gasteiger partial charge in [0, 0.05) is 47.6 Å². The van der Waals surface area contributed by atoms with Crippen LogP contribution in [0.4, 0.5) is 27.5 Å². The highest BCUT2D eigenvalue weighted by Gasteiger charge is 2.09. The standard InChI is InChI=1S/C23H31Cl2N5O2/c1-3-29(4-2)17-22(31)26-19-6-5-7-20(16-19)28-23(32)27-18-8-10-21(11-9-18)30(14-12-24)15-13-25/h5-11,16H,3-4,12-15,17H2,1-2H3,(H,26,31)(H2,27,28,32). The van der Waals surface area contributed by atoms with Gasteiger partial charge in [-0.1, -0.05) is 19.9 Å². The minimum Gasteiger partial charge on any atom is -0.369 e. The fourth-order valence-corrected chi connectivity index (χ4v) is 3.56. The zero-order chi connectivity index (χ0) is 23.3. The molecule has 0 atom stereocenters. The number of carbonyl (C=O) groups is 2. The number of halogens is 2. The molecule has 0 aromatic heterocycles. The first-order valence-corrected chi connectivity index (χ1v) is 11.7. The highest BCUT2D eigenvalue weighted by molar-refractivity contribution is 6.18. The number of amides is 3. The van der Waals surface area contributed by atoms with E-state index in [4.69, 9.17) is 23.2 Å². The summed E-state index contributed by atoms with van der Waals surface area (Å²) in [6, 6.07) is 14.2. The molecule has 0 aliphatic carbocycles. The SMILES string of the molecule is CCN(CC)CC(=O)Nc1cccc(NC(=O)Nc2ccc(N(CCCl)CCCl)cc2)c1. The molecule has 174 valence electrons. The predicted molar refractivity (Wildman–Crippen MR) is 136 cm³/mol. The Kier molecular flexibility index (Phi) is 11.1. The summed E-state index contributed by atoms with van der Waals surface area (Å²) in [7, 11) is 0. The van der Waals surface area contributed by atoms with Crippen molar-refractivity contribution in [2.75, 3.05) is 65.3 Å². The van der Waals surface area contributed by atoms with Crippen LogP contribution in [0, 0.1) is 0 Å². The fraction of sp³-hybridized carbons (Fsp3) is 0.391. The van der Waals surface area contributed by atoms with Crippen molar-refractivity contribution in [1.82, 2.24) is 4.90 Å². The predicted octanol–water partition coefficient (Wildman–Crippen LogP) is 4.89. The summed E-state index contributed by atoms with van der Waals surface area (Å²) >= 11 is 11.7. The molecule has 3 amide bonds. The van der Waals surface area contributed by atoms with E-state index in [1.807, 2.05) is 43.0 Å². The van der Waals surface area contributed by atoms with Crippen LogP contribution in [0.5, 0.6) is 0 Å². The van der Waals surface area contributed by atoms with Gasteiger partial charge >= 0.3 is 6.03 Å². The lowest BCUT2D eigenvalue weighted by Gasteiger charge is -2.23. The molecule has 0 saturated carbocycles. The van der Waals surface area contributed by atoms with Gasteiger partial charge in [0.15, 0.2) is 0 Å². The lowest BCUT2D eigenvalue weighted by molar-refractivity contribution is -0.117. The first-order valence-electron chi connectivity index (χ1n) is 10.7. The van der Waals surface area contributed by atoms with Gasteiger partial charge in [-0.2, -0.15) is 0 Å². The molecule has 0 spiro atoms. The van der Waals surface area contributed by atoms with Gasteiger partial charge in [0.25, 0.3) is 0 Å². The molecule has 0 aliphatic rings. The molecule has 0 heterocycles. The molecule has 0 bridgehead atoms. The number of hydrogen-bond acceptors (Lipinski definition) is 4. The minimum atomic E-state index is -0.372. The van der Waals surface area contributed by atoms with Gasteiger partial charge in [0.05, 0.1) is 6.54 Å². The summed E-state index contributed by atoms with van der Waals surface area (Å²) < 4.78 is 0. The van der Waals surface area contributed by atoms with Gasteiger partial charge in [-0.3, -0.25) is 9.69 Å². The smallest absolute Gasteiger partial charge is 0.323 e. The van der Waals surface area contributed by atoms with Gasteiger partial charge in [-0.05, 0) is 55.6 Å². The summed E-state index contributed by atoms with van der Waals surface area (Å²) in [4.78, 5) is 28.7. The van der Waals surface area contributed by atoms with Crippen molar-refractivity contribution in [3.63, 3.8) is 0 Å². The van der Waals surface area contributed by atoms with Crippen molar-refractivity contribution in [2.45, 2.75) is 13.8 Å². The second-order valence-electron chi connectivity index (χ2n) is 7.08. The fourth-order valence-electron chi connectivity index (χ4n) is 3.15. The van der Waals surface area contributed by atoms with E-state index in [0.717, 1.165) is 18.8 Å². The van der Waals surface area contributed by atoms with Crippen molar-refractivity contribution in [3.05, 3.63) is 48.5 Å². The van der Waals surface area contributed by atoms with Crippen molar-refractivity contribution in [2.24, 2.45) is 0 Å². The van der Waals surface area contributed by atoms with E-state index >= 15 is 0 Å². The number of rotatable bonds is 12. The molecule has 2 aromatic rings. The van der Waals surface area contributed by atoms with E-state index in [1.54, 1.807) is 24.3 Å². The molecule has 0 radical (unpaired) electrons. The number of urea groups is 1. The largest absolute Gasteiger partial charge is 0.369 e. The number of nitrogens with one attached hydrogen (secondary N) is 3. The third-order valence-electron chi connectivity index (χ3n) is 4.87. The average molecular weight is 480 g/mol. The zero-order valence-electron chi connectivity index (χ0n) is 18.5. The number of hydrogen-bond donors (Lipinski definition) is 3. The first kappa shape index (κ1) is 25.8. The molecule has 7 nitrogen and oxygen atoms in total. The number of likely N-dealkylation sites (N-methyl/N-ethyl adjacent to an activating group) is 1. The van der Waals surface area contributed by atoms with Gasteiger partial charge in [0.1, 0.15) is 0 Å². The summed E-state index contributed by atoms with van der Waals surface area (Å²) in [6.07, 6.45) is 0. The molecule has 0 aliphatic heterocycles. The van der Waals surface area contributed by atoms with Crippen molar-refractivity contribution in [3.8, 4) is 0 Å². The quantitative estimate of drug-likeness (QED) is 0.378. The molecule has 3 N–H and O–H groups in total. The molecule has 2 aromatic carbocycles. The van der Waals surface area contributed by atoms with E-state index < -0.39 is 0 Å². The third-order valence-corrected chi connectivity index (χ3v) is 5.20. The summed E-state index contributed by atoms with van der Waals surface area (Å²) in [5.41, 5.74) is 2.86. The average Bonchev–Trinajstić information content (AvgIpc) is 2.78. The monoisotopic (exact) mass is 479 g/mol. The molecular weight excluding hydrogens is 449 g/mol. The van der Waals surface area contributed by atoms with Crippen LogP contribution in [-0.2, 0) is 4.79 Å². The second kappa shape index (κ2) is 13.8. The van der Waals surface area contributed by atoms with E-state index in [0.29, 0.717) is 48.5 Å². The normalized spacial score (nSPS) is 10.7. The Bertz CT molecular complexity index is 854. The number of carbonyl (C=O) groups excluding carboxylic acids is 2. The third kappa shape index (κ3) is 8.57. The van der Waals surface area contributed by atoms with Crippen LogP contribution in [-0.4, -0.2) is 61.3 Å². The van der Waals surface area contributed by atoms with Crippen LogP contribution >= 0.6 is 23.2 Å². The molecule has 0 saturated heterocycles.